The van der Waals surface area contributed by atoms with E-state index in [1.165, 1.54) is 19.1 Å². The number of amides is 7. The molecule has 0 aromatic heterocycles. The van der Waals surface area contributed by atoms with Gasteiger partial charge in [0.25, 0.3) is 11.8 Å². The lowest BCUT2D eigenvalue weighted by Gasteiger charge is -2.26. The van der Waals surface area contributed by atoms with Crippen LogP contribution >= 0.6 is 0 Å². The van der Waals surface area contributed by atoms with Crippen molar-refractivity contribution in [1.29, 1.82) is 0 Å². The summed E-state index contributed by atoms with van der Waals surface area (Å²) in [6, 6.07) is 0.514. The number of imide groups is 1. The Morgan fingerprint density at radius 3 is 1.60 bits per heavy atom. The number of carboxylic acid groups (broad SMARTS) is 1. The van der Waals surface area contributed by atoms with Gasteiger partial charge in [-0.15, -0.1) is 0 Å². The summed E-state index contributed by atoms with van der Waals surface area (Å²) in [5, 5.41) is 33.1. The van der Waals surface area contributed by atoms with E-state index in [1.54, 1.807) is 33.9 Å². The molecule has 0 saturated carbocycles. The van der Waals surface area contributed by atoms with Crippen LogP contribution in [0.15, 0.2) is 30.4 Å². The number of aliphatic carboxylic acids is 1. The fourth-order valence-electron chi connectivity index (χ4n) is 7.55. The van der Waals surface area contributed by atoms with Crippen LogP contribution in [-0.4, -0.2) is 232 Å². The minimum Gasteiger partial charge on any atom is -0.506 e. The van der Waals surface area contributed by atoms with Gasteiger partial charge in [-0.3, -0.25) is 43.3 Å². The first-order valence-corrected chi connectivity index (χ1v) is 27.9. The molecular formula is C55H91N7O20. The SMILES string of the molecule is COCCOCCOCCOCCOCCOCCOCCOCCOCCOCC(=O)NCCCC[C@H](NC(=O)CCCN1C(=O)C=CC1=O)C(=O)N[C@H](C(=O)N[C@@H](C)C(=O)Nc1cc(C[C@H](N)C[C@H](C)C(=O)O)ccc1O)C(C)C. The molecule has 0 saturated heterocycles. The molecule has 1 aromatic rings. The van der Waals surface area contributed by atoms with Crippen LogP contribution in [0.3, 0.4) is 0 Å². The summed E-state index contributed by atoms with van der Waals surface area (Å²) in [5.74, 6) is -6.34. The van der Waals surface area contributed by atoms with Gasteiger partial charge < -0.3 is 89.9 Å². The lowest BCUT2D eigenvalue weighted by atomic mass is 9.96. The molecule has 5 atom stereocenters. The van der Waals surface area contributed by atoms with Gasteiger partial charge in [-0.1, -0.05) is 26.8 Å². The van der Waals surface area contributed by atoms with Crippen molar-refractivity contribution >= 4 is 53.0 Å². The molecule has 1 aliphatic heterocycles. The van der Waals surface area contributed by atoms with Crippen molar-refractivity contribution in [2.45, 2.75) is 96.8 Å². The van der Waals surface area contributed by atoms with Crippen LogP contribution in [0.5, 0.6) is 5.75 Å². The number of phenolic OH excluding ortho intramolecular Hbond substituents is 1. The Labute approximate surface area is 480 Å². The summed E-state index contributed by atoms with van der Waals surface area (Å²) in [6.07, 6.45) is 3.64. The normalized spacial score (nSPS) is 14.1. The summed E-state index contributed by atoms with van der Waals surface area (Å²) in [7, 11) is 1.63. The Morgan fingerprint density at radius 2 is 1.11 bits per heavy atom. The largest absolute Gasteiger partial charge is 0.506 e. The minimum atomic E-state index is -1.16. The predicted octanol–water partition coefficient (Wildman–Crippen LogP) is 0.229. The van der Waals surface area contributed by atoms with Crippen molar-refractivity contribution in [2.24, 2.45) is 17.6 Å². The number of aromatic hydroxyl groups is 1. The number of benzene rings is 1. The monoisotopic (exact) mass is 1170 g/mol. The molecule has 0 unspecified atom stereocenters. The quantitative estimate of drug-likeness (QED) is 0.0246. The number of phenols is 1. The average Bonchev–Trinajstić information content (AvgIpc) is 3.81. The van der Waals surface area contributed by atoms with E-state index in [4.69, 9.17) is 53.1 Å². The standard InChI is InChI=1S/C55H91N7O20/c1-39(2)51(54(70)58-41(4)52(68)60-45-37-42(11-12-46(45)63)36-43(56)35-40(3)55(71)72)61-53(69)44(59-47(64)10-8-16-62-49(66)13-14-50(62)67)9-6-7-15-57-48(65)38-82-34-33-81-32-31-80-30-29-79-28-27-78-26-25-77-24-23-76-22-21-75-20-19-74-18-17-73-5/h11-14,37,39-41,43-44,51,63H,6-10,15-36,38,56H2,1-5H3,(H,57,65)(H,58,70)(H,59,64)(H,60,68)(H,61,69)(H,71,72)/t40-,41-,43+,44-,51-/m0/s1. The van der Waals surface area contributed by atoms with Gasteiger partial charge in [0.05, 0.1) is 131 Å². The number of ether oxygens (including phenoxy) is 10. The summed E-state index contributed by atoms with van der Waals surface area (Å²) in [5.41, 5.74) is 6.83. The maximum atomic E-state index is 13.8. The smallest absolute Gasteiger partial charge is 0.306 e. The number of carboxylic acids is 1. The van der Waals surface area contributed by atoms with E-state index in [9.17, 15) is 48.6 Å². The number of nitrogens with zero attached hydrogens (tertiary/aromatic N) is 1. The summed E-state index contributed by atoms with van der Waals surface area (Å²) < 4.78 is 53.9. The number of nitrogens with two attached hydrogens (primary N) is 1. The van der Waals surface area contributed by atoms with Crippen molar-refractivity contribution in [2.75, 3.05) is 151 Å². The van der Waals surface area contributed by atoms with E-state index in [0.29, 0.717) is 124 Å². The Kier molecular flexibility index (Phi) is 39.6. The molecule has 1 aromatic carbocycles. The molecule has 2 rings (SSSR count). The van der Waals surface area contributed by atoms with Crippen molar-refractivity contribution in [3.8, 4) is 5.75 Å². The van der Waals surface area contributed by atoms with Crippen LogP contribution in [0.2, 0.25) is 0 Å². The number of rotatable bonds is 51. The van der Waals surface area contributed by atoms with Crippen molar-refractivity contribution in [3.05, 3.63) is 35.9 Å². The molecule has 82 heavy (non-hydrogen) atoms. The molecule has 1 heterocycles. The number of hydrogen-bond donors (Lipinski definition) is 8. The first kappa shape index (κ1) is 72.4. The molecule has 0 bridgehead atoms. The van der Waals surface area contributed by atoms with Gasteiger partial charge in [0.2, 0.25) is 29.5 Å². The fraction of sp³-hybridized carbons (Fsp3) is 0.709. The number of unbranched alkanes of at least 4 members (excludes halogenated alkanes) is 1. The summed E-state index contributed by atoms with van der Waals surface area (Å²) >= 11 is 0. The number of hydrogen-bond acceptors (Lipinski definition) is 20. The van der Waals surface area contributed by atoms with Crippen molar-refractivity contribution in [3.63, 3.8) is 0 Å². The average molecular weight is 1170 g/mol. The van der Waals surface area contributed by atoms with Crippen LogP contribution in [0, 0.1) is 11.8 Å². The third-order valence-electron chi connectivity index (χ3n) is 12.1. The zero-order valence-electron chi connectivity index (χ0n) is 48.4. The van der Waals surface area contributed by atoms with Gasteiger partial charge in [-0.05, 0) is 69.1 Å². The molecule has 9 N–H and O–H groups in total. The van der Waals surface area contributed by atoms with Gasteiger partial charge in [-0.2, -0.15) is 0 Å². The van der Waals surface area contributed by atoms with Gasteiger partial charge in [-0.25, -0.2) is 0 Å². The molecule has 0 radical (unpaired) electrons. The van der Waals surface area contributed by atoms with Crippen LogP contribution in [0.1, 0.15) is 71.8 Å². The second-order valence-corrected chi connectivity index (χ2v) is 19.4. The molecule has 0 spiro atoms. The van der Waals surface area contributed by atoms with E-state index in [0.717, 1.165) is 17.1 Å². The van der Waals surface area contributed by atoms with Crippen LogP contribution in [0.25, 0.3) is 0 Å². The molecule has 7 amide bonds. The van der Waals surface area contributed by atoms with E-state index in [-0.39, 0.29) is 82.4 Å². The molecule has 1 aliphatic rings. The van der Waals surface area contributed by atoms with E-state index < -0.39 is 77.4 Å². The van der Waals surface area contributed by atoms with Crippen molar-refractivity contribution in [1.82, 2.24) is 26.2 Å². The second kappa shape index (κ2) is 44.8. The number of methoxy groups -OCH3 is 1. The van der Waals surface area contributed by atoms with E-state index >= 15 is 0 Å². The number of nitrogens with one attached hydrogen (secondary N) is 5. The third kappa shape index (κ3) is 34.0. The molecular weight excluding hydrogens is 1080 g/mol. The van der Waals surface area contributed by atoms with Crippen LogP contribution in [-0.2, 0) is 92.1 Å². The minimum absolute atomic E-state index is 0.00677. The molecule has 27 heteroatoms. The first-order chi connectivity index (χ1) is 39.4. The zero-order valence-corrected chi connectivity index (χ0v) is 48.4. The predicted molar refractivity (Wildman–Crippen MR) is 297 cm³/mol. The third-order valence-corrected chi connectivity index (χ3v) is 12.1. The van der Waals surface area contributed by atoms with Crippen LogP contribution in [0.4, 0.5) is 5.69 Å². The number of anilines is 1. The number of carbonyl (C=O) groups excluding carboxylic acids is 7. The maximum absolute atomic E-state index is 13.8. The second-order valence-electron chi connectivity index (χ2n) is 19.4. The summed E-state index contributed by atoms with van der Waals surface area (Å²) in [4.78, 5) is 103. The van der Waals surface area contributed by atoms with Crippen LogP contribution < -0.4 is 32.3 Å². The topological polar surface area (TPSA) is 359 Å². The Hall–Kier alpha value is -5.72. The van der Waals surface area contributed by atoms with E-state index in [1.807, 2.05) is 0 Å². The zero-order chi connectivity index (χ0) is 60.3. The van der Waals surface area contributed by atoms with Gasteiger partial charge >= 0.3 is 5.97 Å². The van der Waals surface area contributed by atoms with E-state index in [2.05, 4.69) is 26.6 Å². The fourth-order valence-corrected chi connectivity index (χ4v) is 7.55. The lowest BCUT2D eigenvalue weighted by molar-refractivity contribution is -0.141. The summed E-state index contributed by atoms with van der Waals surface area (Å²) in [6.45, 7) is 14.0. The Morgan fingerprint density at radius 1 is 0.610 bits per heavy atom. The lowest BCUT2D eigenvalue weighted by Crippen LogP contribution is -2.57. The van der Waals surface area contributed by atoms with Gasteiger partial charge in [0.15, 0.2) is 0 Å². The molecule has 0 aliphatic carbocycles. The molecule has 466 valence electrons. The maximum Gasteiger partial charge on any atom is 0.306 e. The highest BCUT2D eigenvalue weighted by Crippen LogP contribution is 2.26. The molecule has 27 nitrogen and oxygen atoms in total. The van der Waals surface area contributed by atoms with Gasteiger partial charge in [0, 0.05) is 44.8 Å². The van der Waals surface area contributed by atoms with Gasteiger partial charge in [0.1, 0.15) is 30.5 Å². The highest BCUT2D eigenvalue weighted by atomic mass is 16.6. The Bertz CT molecular complexity index is 2050. The first-order valence-electron chi connectivity index (χ1n) is 27.9. The highest BCUT2D eigenvalue weighted by Gasteiger charge is 2.31. The highest BCUT2D eigenvalue weighted by molar-refractivity contribution is 6.12. The number of carbonyl (C=O) groups is 8. The van der Waals surface area contributed by atoms with Crippen molar-refractivity contribution < 1.29 is 95.9 Å². The Balaban J connectivity index is 1.68. The molecule has 0 fully saturated rings.